The monoisotopic (exact) mass is 673 g/mol. The van der Waals surface area contributed by atoms with Gasteiger partial charge < -0.3 is 49.8 Å². The van der Waals surface area contributed by atoms with Gasteiger partial charge in [0.05, 0.1) is 12.2 Å². The Morgan fingerprint density at radius 2 is 1.59 bits per heavy atom. The summed E-state index contributed by atoms with van der Waals surface area (Å²) < 4.78 is 18.5. The summed E-state index contributed by atoms with van der Waals surface area (Å²) in [5, 5.41) is 60.5. The van der Waals surface area contributed by atoms with Crippen molar-refractivity contribution in [2.45, 2.75) is 54.7 Å². The van der Waals surface area contributed by atoms with Crippen molar-refractivity contribution in [3.05, 3.63) is 89.3 Å². The van der Waals surface area contributed by atoms with Crippen LogP contribution in [0.3, 0.4) is 0 Å². The first-order valence-corrected chi connectivity index (χ1v) is 15.6. The molecule has 1 aliphatic heterocycles. The van der Waals surface area contributed by atoms with Crippen molar-refractivity contribution < 1.29 is 59.2 Å². The van der Waals surface area contributed by atoms with Crippen LogP contribution in [0.4, 0.5) is 0 Å². The topological polar surface area (TPSA) is 216 Å². The number of rotatable bonds is 9. The second-order valence-corrected chi connectivity index (χ2v) is 12.4. The van der Waals surface area contributed by atoms with Crippen molar-refractivity contribution in [3.8, 4) is 23.0 Å². The predicted molar refractivity (Wildman–Crippen MR) is 174 cm³/mol. The lowest BCUT2D eigenvalue weighted by atomic mass is 9.72. The van der Waals surface area contributed by atoms with E-state index in [1.165, 1.54) is 54.6 Å². The third-order valence-corrected chi connectivity index (χ3v) is 9.24. The van der Waals surface area contributed by atoms with Gasteiger partial charge in [-0.25, -0.2) is 4.79 Å². The van der Waals surface area contributed by atoms with Gasteiger partial charge in [-0.05, 0) is 77.7 Å². The number of benzene rings is 2. The van der Waals surface area contributed by atoms with Crippen LogP contribution in [-0.2, 0) is 28.6 Å². The van der Waals surface area contributed by atoms with Crippen LogP contribution >= 0.6 is 0 Å². The number of nitrogens with one attached hydrogen (secondary N) is 1. The van der Waals surface area contributed by atoms with E-state index in [-0.39, 0.29) is 36.0 Å². The van der Waals surface area contributed by atoms with Gasteiger partial charge in [0.25, 0.3) is 0 Å². The van der Waals surface area contributed by atoms with Crippen molar-refractivity contribution in [1.82, 2.24) is 4.98 Å². The molecule has 13 nitrogen and oxygen atoms in total. The Bertz CT molecular complexity index is 1860. The lowest BCUT2D eigenvalue weighted by Crippen LogP contribution is -2.63. The lowest BCUT2D eigenvalue weighted by molar-refractivity contribution is -0.237. The van der Waals surface area contributed by atoms with E-state index in [4.69, 9.17) is 14.2 Å². The highest BCUT2D eigenvalue weighted by Gasteiger charge is 2.58. The molecule has 2 heterocycles. The molecule has 0 radical (unpaired) electrons. The molecule has 0 amide bonds. The number of phenolic OH excluding ortho intramolecular Hbond substituents is 4. The molecule has 6 atom stereocenters. The number of aromatic amines is 1. The van der Waals surface area contributed by atoms with Gasteiger partial charge in [-0.3, -0.25) is 9.59 Å². The van der Waals surface area contributed by atoms with Crippen LogP contribution in [-0.4, -0.2) is 95.9 Å². The number of fused-ring (bicyclic) bond motifs is 4. The molecule has 0 unspecified atom stereocenters. The van der Waals surface area contributed by atoms with Crippen LogP contribution in [0.2, 0.25) is 0 Å². The van der Waals surface area contributed by atoms with Gasteiger partial charge in [-0.15, -0.1) is 0 Å². The molecule has 2 aromatic carbocycles. The first kappa shape index (κ1) is 33.7. The van der Waals surface area contributed by atoms with Crippen LogP contribution in [0.15, 0.2) is 66.9 Å². The number of carbonyl (C=O) groups is 3. The third kappa shape index (κ3) is 6.61. The SMILES string of the molecule is O=C(/C=C/c1ccc(O)c(O)c1)CO[C@@]1(C(=O)O)C[C@@H](O)[C@H]2OCC[C@H]3c4cc[nH]c4C=C[C@@]3(C(=O)/C=C/c3ccc(O)c(O)c3)O[C@@H]2C1. The molecule has 2 aliphatic carbocycles. The van der Waals surface area contributed by atoms with Crippen molar-refractivity contribution in [3.63, 3.8) is 0 Å². The van der Waals surface area contributed by atoms with E-state index in [9.17, 15) is 45.0 Å². The largest absolute Gasteiger partial charge is 0.504 e. The zero-order chi connectivity index (χ0) is 34.9. The summed E-state index contributed by atoms with van der Waals surface area (Å²) >= 11 is 0. The number of ketones is 2. The Hall–Kier alpha value is -5.21. The first-order valence-electron chi connectivity index (χ1n) is 15.6. The Labute approximate surface area is 280 Å². The zero-order valence-corrected chi connectivity index (χ0v) is 26.1. The van der Waals surface area contributed by atoms with Gasteiger partial charge >= 0.3 is 5.97 Å². The summed E-state index contributed by atoms with van der Waals surface area (Å²) in [7, 11) is 0. The fraction of sp³-hybridized carbons (Fsp3) is 0.306. The fourth-order valence-corrected chi connectivity index (χ4v) is 6.72. The van der Waals surface area contributed by atoms with Crippen molar-refractivity contribution in [1.29, 1.82) is 0 Å². The fourth-order valence-electron chi connectivity index (χ4n) is 6.72. The molecular formula is C36H35NO12. The second kappa shape index (κ2) is 13.4. The van der Waals surface area contributed by atoms with Crippen molar-refractivity contribution in [2.24, 2.45) is 0 Å². The maximum absolute atomic E-state index is 14.3. The lowest BCUT2D eigenvalue weighted by Gasteiger charge is -2.50. The van der Waals surface area contributed by atoms with Gasteiger partial charge in [0, 0.05) is 37.3 Å². The summed E-state index contributed by atoms with van der Waals surface area (Å²) in [5.41, 5.74) is -1.36. The normalized spacial score (nSPS) is 27.9. The van der Waals surface area contributed by atoms with Crippen LogP contribution in [0, 0.1) is 0 Å². The standard InChI is InChI=1S/C36H35NO12/c38-22(5-1-20-2-6-26(39)28(41)15-20)19-48-35(34(45)46)17-30(43)33-31(18-35)49-36(32(44)8-4-21-3-7-27(40)29(42)16-21)12-9-25-23(10-13-37-25)24(36)11-14-47-33/h1-10,12-13,15-16,24,30-31,33,37,39-43H,11,14,17-19H2,(H,45,46)/b5-1+,8-4+/t24-,30+,31+,33+,35-,36+/m0/s1. The highest BCUT2D eigenvalue weighted by Crippen LogP contribution is 2.48. The molecule has 3 aliphatic rings. The highest BCUT2D eigenvalue weighted by atomic mass is 16.6. The molecule has 6 rings (SSSR count). The number of carboxylic acids is 1. The molecule has 7 N–H and O–H groups in total. The zero-order valence-electron chi connectivity index (χ0n) is 26.1. The number of phenols is 4. The van der Waals surface area contributed by atoms with E-state index >= 15 is 0 Å². The molecule has 49 heavy (non-hydrogen) atoms. The van der Waals surface area contributed by atoms with E-state index in [1.54, 1.807) is 18.3 Å². The predicted octanol–water partition coefficient (Wildman–Crippen LogP) is 3.42. The second-order valence-electron chi connectivity index (χ2n) is 12.4. The van der Waals surface area contributed by atoms with Crippen LogP contribution in [0.1, 0.15) is 47.6 Å². The van der Waals surface area contributed by atoms with E-state index in [0.717, 1.165) is 17.3 Å². The average Bonchev–Trinajstić information content (AvgIpc) is 3.54. The van der Waals surface area contributed by atoms with E-state index in [0.29, 0.717) is 17.5 Å². The Morgan fingerprint density at radius 1 is 0.918 bits per heavy atom. The summed E-state index contributed by atoms with van der Waals surface area (Å²) in [4.78, 5) is 42.9. The smallest absolute Gasteiger partial charge is 0.336 e. The molecule has 1 aromatic heterocycles. The van der Waals surface area contributed by atoms with Crippen molar-refractivity contribution in [2.75, 3.05) is 13.2 Å². The average molecular weight is 674 g/mol. The molecule has 1 saturated heterocycles. The van der Waals surface area contributed by atoms with Gasteiger partial charge in [-0.2, -0.15) is 0 Å². The van der Waals surface area contributed by atoms with Gasteiger partial charge in [0.1, 0.15) is 12.7 Å². The molecule has 1 saturated carbocycles. The van der Waals surface area contributed by atoms with E-state index in [2.05, 4.69) is 4.98 Å². The number of carbonyl (C=O) groups excluding carboxylic acids is 2. The maximum Gasteiger partial charge on any atom is 0.336 e. The minimum atomic E-state index is -2.08. The number of hydrogen-bond donors (Lipinski definition) is 7. The number of H-pyrrole nitrogens is 1. The van der Waals surface area contributed by atoms with E-state index < -0.39 is 66.0 Å². The summed E-state index contributed by atoms with van der Waals surface area (Å²) in [6.45, 7) is -0.550. The number of ether oxygens (including phenoxy) is 3. The molecule has 0 bridgehead atoms. The number of aliphatic hydroxyl groups excluding tert-OH is 1. The number of carboxylic acid groups (broad SMARTS) is 1. The minimum Gasteiger partial charge on any atom is -0.504 e. The van der Waals surface area contributed by atoms with Crippen molar-refractivity contribution >= 4 is 35.8 Å². The van der Waals surface area contributed by atoms with Crippen LogP contribution < -0.4 is 0 Å². The van der Waals surface area contributed by atoms with Gasteiger partial charge in [-0.1, -0.05) is 24.3 Å². The number of aliphatic hydroxyl groups is 1. The Balaban J connectivity index is 1.29. The minimum absolute atomic E-state index is 0.117. The van der Waals surface area contributed by atoms with Gasteiger partial charge in [0.2, 0.25) is 0 Å². The van der Waals surface area contributed by atoms with Gasteiger partial charge in [0.15, 0.2) is 45.8 Å². The Morgan fingerprint density at radius 3 is 2.24 bits per heavy atom. The molecular weight excluding hydrogens is 638 g/mol. The Kier molecular flexibility index (Phi) is 9.18. The number of aliphatic carboxylic acids is 1. The molecule has 2 fully saturated rings. The van der Waals surface area contributed by atoms with E-state index in [1.807, 2.05) is 6.07 Å². The quantitative estimate of drug-likeness (QED) is 0.129. The number of hydrogen-bond acceptors (Lipinski definition) is 11. The third-order valence-electron chi connectivity index (χ3n) is 9.24. The number of aromatic hydroxyl groups is 4. The maximum atomic E-state index is 14.3. The van der Waals surface area contributed by atoms with Crippen LogP contribution in [0.5, 0.6) is 23.0 Å². The number of aromatic nitrogens is 1. The summed E-state index contributed by atoms with van der Waals surface area (Å²) in [5.74, 6) is -4.49. The molecule has 3 aromatic rings. The highest BCUT2D eigenvalue weighted by molar-refractivity contribution is 6.03. The first-order chi connectivity index (χ1) is 23.4. The van der Waals surface area contributed by atoms with Crippen LogP contribution in [0.25, 0.3) is 18.2 Å². The molecule has 0 spiro atoms. The molecule has 256 valence electrons. The summed E-state index contributed by atoms with van der Waals surface area (Å²) in [6.07, 6.45) is 6.27. The molecule has 13 heteroatoms. The summed E-state index contributed by atoms with van der Waals surface area (Å²) in [6, 6.07) is 9.88.